The van der Waals surface area contributed by atoms with E-state index >= 15 is 0 Å². The number of esters is 1. The van der Waals surface area contributed by atoms with E-state index in [0.29, 0.717) is 5.69 Å². The molecule has 0 atom stereocenters. The Morgan fingerprint density at radius 2 is 2.04 bits per heavy atom. The van der Waals surface area contributed by atoms with Gasteiger partial charge in [0.05, 0.1) is 10.6 Å². The molecule has 0 unspecified atom stereocenters. The largest absolute Gasteiger partial charge is 0.475 e. The lowest BCUT2D eigenvalue weighted by Gasteiger charge is -2.06. The molecule has 0 radical (unpaired) electrons. The Morgan fingerprint density at radius 1 is 1.24 bits per heavy atom. The topological polar surface area (TPSA) is 96.0 Å². The van der Waals surface area contributed by atoms with Crippen molar-refractivity contribution in [1.29, 1.82) is 0 Å². The number of nitrogens with zero attached hydrogens (tertiary/aromatic N) is 3. The van der Waals surface area contributed by atoms with Crippen LogP contribution in [0, 0.1) is 17.0 Å². The number of carbonyl (C=O) groups is 1. The number of benzene rings is 1. The number of para-hydroxylation sites is 2. The van der Waals surface area contributed by atoms with E-state index in [1.54, 1.807) is 12.3 Å². The smallest absolute Gasteiger partial charge is 0.344 e. The van der Waals surface area contributed by atoms with Crippen LogP contribution in [0.15, 0.2) is 48.8 Å². The molecule has 0 spiro atoms. The molecule has 0 aliphatic heterocycles. The van der Waals surface area contributed by atoms with Gasteiger partial charge in [0.2, 0.25) is 0 Å². The number of hydrogen-bond donors (Lipinski definition) is 0. The molecule has 0 N–H and O–H groups in total. The van der Waals surface area contributed by atoms with Crippen LogP contribution in [0.25, 0.3) is 5.65 Å². The molecular weight excluding hydrogens is 326 g/mol. The van der Waals surface area contributed by atoms with Gasteiger partial charge < -0.3 is 13.9 Å². The van der Waals surface area contributed by atoms with E-state index in [2.05, 4.69) is 4.98 Å². The first kappa shape index (κ1) is 16.4. The van der Waals surface area contributed by atoms with E-state index in [4.69, 9.17) is 9.47 Å². The summed E-state index contributed by atoms with van der Waals surface area (Å²) in [5, 5.41) is 10.9. The maximum atomic E-state index is 11.8. The van der Waals surface area contributed by atoms with Crippen LogP contribution in [0.2, 0.25) is 0 Å². The molecule has 2 aromatic heterocycles. The van der Waals surface area contributed by atoms with Crippen molar-refractivity contribution < 1.29 is 19.2 Å². The first-order valence-electron chi connectivity index (χ1n) is 7.49. The fraction of sp³-hybridized carbons (Fsp3) is 0.176. The maximum absolute atomic E-state index is 11.8. The lowest BCUT2D eigenvalue weighted by Crippen LogP contribution is -2.15. The predicted molar refractivity (Wildman–Crippen MR) is 88.3 cm³/mol. The Bertz CT molecular complexity index is 935. The SMILES string of the molecule is Cc1ccc2nc(COC(=O)COc3ccccc3[N+](=O)[O-])cn2c1. The van der Waals surface area contributed by atoms with Crippen molar-refractivity contribution >= 4 is 17.3 Å². The number of aryl methyl sites for hydroxylation is 1. The minimum absolute atomic E-state index is 0.000195. The zero-order chi connectivity index (χ0) is 17.8. The molecule has 8 nitrogen and oxygen atoms in total. The van der Waals surface area contributed by atoms with E-state index in [9.17, 15) is 14.9 Å². The number of nitro benzene ring substituents is 1. The molecule has 128 valence electrons. The number of nitro groups is 1. The van der Waals surface area contributed by atoms with Gasteiger partial charge in [-0.25, -0.2) is 9.78 Å². The molecule has 0 saturated heterocycles. The van der Waals surface area contributed by atoms with Crippen molar-refractivity contribution in [3.63, 3.8) is 0 Å². The Kier molecular flexibility index (Phi) is 4.60. The summed E-state index contributed by atoms with van der Waals surface area (Å²) in [5.74, 6) is -0.612. The maximum Gasteiger partial charge on any atom is 0.344 e. The number of ether oxygens (including phenoxy) is 2. The summed E-state index contributed by atoms with van der Waals surface area (Å²) in [6.07, 6.45) is 3.70. The Morgan fingerprint density at radius 3 is 2.84 bits per heavy atom. The van der Waals surface area contributed by atoms with Crippen molar-refractivity contribution in [2.24, 2.45) is 0 Å². The van der Waals surface area contributed by atoms with Gasteiger partial charge in [-0.15, -0.1) is 0 Å². The summed E-state index contributed by atoms with van der Waals surface area (Å²) >= 11 is 0. The van der Waals surface area contributed by atoms with Crippen LogP contribution >= 0.6 is 0 Å². The molecule has 2 heterocycles. The van der Waals surface area contributed by atoms with Crippen molar-refractivity contribution in [2.75, 3.05) is 6.61 Å². The van der Waals surface area contributed by atoms with E-state index in [0.717, 1.165) is 11.2 Å². The standard InChI is InChI=1S/C17H15N3O5/c1-12-6-7-16-18-13(9-19(16)8-12)10-25-17(21)11-24-15-5-3-2-4-14(15)20(22)23/h2-9H,10-11H2,1H3. The molecule has 0 bridgehead atoms. The van der Waals surface area contributed by atoms with Crippen LogP contribution in [0.1, 0.15) is 11.3 Å². The second-order valence-electron chi connectivity index (χ2n) is 5.38. The van der Waals surface area contributed by atoms with Crippen LogP contribution < -0.4 is 4.74 Å². The Hall–Kier alpha value is -3.42. The number of pyridine rings is 1. The Balaban J connectivity index is 1.57. The van der Waals surface area contributed by atoms with Crippen LogP contribution in [-0.4, -0.2) is 26.9 Å². The van der Waals surface area contributed by atoms with Crippen LogP contribution in [0.3, 0.4) is 0 Å². The second kappa shape index (κ2) is 7.00. The van der Waals surface area contributed by atoms with E-state index < -0.39 is 17.5 Å². The minimum atomic E-state index is -0.633. The molecule has 0 fully saturated rings. The van der Waals surface area contributed by atoms with Gasteiger partial charge in [-0.3, -0.25) is 10.1 Å². The van der Waals surface area contributed by atoms with Gasteiger partial charge >= 0.3 is 11.7 Å². The highest BCUT2D eigenvalue weighted by Crippen LogP contribution is 2.25. The molecule has 8 heteroatoms. The van der Waals surface area contributed by atoms with E-state index in [1.165, 1.54) is 18.2 Å². The fourth-order valence-electron chi connectivity index (χ4n) is 2.29. The molecule has 0 aliphatic carbocycles. The highest BCUT2D eigenvalue weighted by molar-refractivity contribution is 5.71. The highest BCUT2D eigenvalue weighted by Gasteiger charge is 2.15. The molecule has 3 rings (SSSR count). The fourth-order valence-corrected chi connectivity index (χ4v) is 2.29. The highest BCUT2D eigenvalue weighted by atomic mass is 16.6. The van der Waals surface area contributed by atoms with Crippen LogP contribution in [-0.2, 0) is 16.1 Å². The third-order valence-corrected chi connectivity index (χ3v) is 3.44. The van der Waals surface area contributed by atoms with Crippen LogP contribution in [0.5, 0.6) is 5.75 Å². The third kappa shape index (κ3) is 3.92. The number of hydrogen-bond acceptors (Lipinski definition) is 6. The first-order chi connectivity index (χ1) is 12.0. The van der Waals surface area contributed by atoms with Crippen molar-refractivity contribution in [3.05, 3.63) is 70.2 Å². The number of fused-ring (bicyclic) bond motifs is 1. The summed E-state index contributed by atoms with van der Waals surface area (Å²) in [6, 6.07) is 9.66. The molecule has 0 amide bonds. The third-order valence-electron chi connectivity index (χ3n) is 3.44. The van der Waals surface area contributed by atoms with Gasteiger partial charge in [-0.1, -0.05) is 18.2 Å². The average molecular weight is 341 g/mol. The van der Waals surface area contributed by atoms with Crippen molar-refractivity contribution in [1.82, 2.24) is 9.38 Å². The normalized spacial score (nSPS) is 10.6. The summed E-state index contributed by atoms with van der Waals surface area (Å²) in [7, 11) is 0. The van der Waals surface area contributed by atoms with Crippen molar-refractivity contribution in [2.45, 2.75) is 13.5 Å². The molecule has 1 aromatic carbocycles. The molecule has 0 aliphatic rings. The predicted octanol–water partition coefficient (Wildman–Crippen LogP) is 2.67. The number of rotatable bonds is 6. The van der Waals surface area contributed by atoms with Crippen molar-refractivity contribution in [3.8, 4) is 5.75 Å². The van der Waals surface area contributed by atoms with E-state index in [1.807, 2.05) is 29.7 Å². The number of aromatic nitrogens is 2. The molecule has 0 saturated carbocycles. The van der Waals surface area contributed by atoms with Gasteiger partial charge in [-0.2, -0.15) is 0 Å². The Labute approximate surface area is 142 Å². The lowest BCUT2D eigenvalue weighted by atomic mass is 10.3. The lowest BCUT2D eigenvalue weighted by molar-refractivity contribution is -0.385. The second-order valence-corrected chi connectivity index (χ2v) is 5.38. The average Bonchev–Trinajstić information content (AvgIpc) is 3.00. The zero-order valence-corrected chi connectivity index (χ0v) is 13.4. The number of imidazole rings is 1. The van der Waals surface area contributed by atoms with E-state index in [-0.39, 0.29) is 18.0 Å². The van der Waals surface area contributed by atoms with Gasteiger partial charge in [-0.05, 0) is 24.6 Å². The van der Waals surface area contributed by atoms with Gasteiger partial charge in [0.1, 0.15) is 12.3 Å². The quantitative estimate of drug-likeness (QED) is 0.388. The summed E-state index contributed by atoms with van der Waals surface area (Å²) in [4.78, 5) is 26.4. The summed E-state index contributed by atoms with van der Waals surface area (Å²) in [5.41, 5.74) is 2.25. The first-order valence-corrected chi connectivity index (χ1v) is 7.49. The molecule has 25 heavy (non-hydrogen) atoms. The summed E-state index contributed by atoms with van der Waals surface area (Å²) in [6.45, 7) is 1.55. The van der Waals surface area contributed by atoms with Gasteiger partial charge in [0, 0.05) is 18.5 Å². The number of carbonyl (C=O) groups excluding carboxylic acids is 1. The molecule has 3 aromatic rings. The van der Waals surface area contributed by atoms with Gasteiger partial charge in [0.25, 0.3) is 0 Å². The van der Waals surface area contributed by atoms with Crippen LogP contribution in [0.4, 0.5) is 5.69 Å². The molecular formula is C17H15N3O5. The minimum Gasteiger partial charge on any atom is -0.475 e. The summed E-state index contributed by atoms with van der Waals surface area (Å²) < 4.78 is 12.1. The van der Waals surface area contributed by atoms with Gasteiger partial charge in [0.15, 0.2) is 12.4 Å². The zero-order valence-electron chi connectivity index (χ0n) is 13.4. The monoisotopic (exact) mass is 341 g/mol.